The summed E-state index contributed by atoms with van der Waals surface area (Å²) in [5.74, 6) is 0.955. The summed E-state index contributed by atoms with van der Waals surface area (Å²) < 4.78 is 18.7. The van der Waals surface area contributed by atoms with Crippen LogP contribution in [0.3, 0.4) is 0 Å². The molecular weight excluding hydrogens is 997 g/mol. The van der Waals surface area contributed by atoms with E-state index in [0.717, 1.165) is 48.2 Å². The lowest BCUT2D eigenvalue weighted by Gasteiger charge is -2.10. The average molecular weight is 1080 g/mol. The number of aromatic nitrogens is 2. The summed E-state index contributed by atoms with van der Waals surface area (Å²) in [4.78, 5) is 2.53. The fraction of sp³-hybridized carbons (Fsp3) is 0.621. The van der Waals surface area contributed by atoms with Gasteiger partial charge in [0.05, 0.1) is 25.9 Å². The molecule has 0 spiro atoms. The van der Waals surface area contributed by atoms with Crippen LogP contribution >= 0.6 is 66.3 Å². The minimum Gasteiger partial charge on any atom is -0.494 e. The highest BCUT2D eigenvalue weighted by Gasteiger charge is 2.22. The van der Waals surface area contributed by atoms with E-state index in [9.17, 15) is 0 Å². The summed E-state index contributed by atoms with van der Waals surface area (Å²) in [6.45, 7) is 7.68. The Kier molecular flexibility index (Phi) is 28.1. The molecule has 0 radical (unpaired) electrons. The predicted octanol–water partition coefficient (Wildman–Crippen LogP) is 22.1. The minimum atomic E-state index is 0.789. The molecule has 0 aliphatic heterocycles. The molecule has 364 valence electrons. The van der Waals surface area contributed by atoms with Crippen LogP contribution in [0.15, 0.2) is 50.0 Å². The van der Waals surface area contributed by atoms with Crippen molar-refractivity contribution in [3.05, 3.63) is 72.3 Å². The van der Waals surface area contributed by atoms with E-state index >= 15 is 0 Å². The third-order valence-electron chi connectivity index (χ3n) is 13.3. The molecule has 3 heterocycles. The lowest BCUT2D eigenvalue weighted by molar-refractivity contribution is 0.304. The molecule has 2 aromatic carbocycles. The molecule has 0 saturated carbocycles. The van der Waals surface area contributed by atoms with Crippen LogP contribution in [-0.2, 0) is 12.8 Å². The number of hydrogen-bond donors (Lipinski definition) is 0. The molecule has 5 aromatic rings. The second kappa shape index (κ2) is 33.7. The summed E-state index contributed by atoms with van der Waals surface area (Å²) in [7, 11) is 0. The zero-order valence-electron chi connectivity index (χ0n) is 41.3. The number of hydrogen-bond acceptors (Lipinski definition) is 6. The van der Waals surface area contributed by atoms with Crippen molar-refractivity contribution in [2.24, 2.45) is 0 Å². The number of unbranched alkanes of at least 4 members (excludes halogenated alkanes) is 27. The highest BCUT2D eigenvalue weighted by molar-refractivity contribution is 9.11. The summed E-state index contributed by atoms with van der Waals surface area (Å²) in [6, 6.07) is 15.9. The smallest absolute Gasteiger partial charge is 0.119 e. The zero-order chi connectivity index (χ0) is 46.4. The van der Waals surface area contributed by atoms with Gasteiger partial charge in [0.15, 0.2) is 0 Å². The van der Waals surface area contributed by atoms with Crippen LogP contribution in [0, 0.1) is 0 Å². The number of nitrogens with zero attached hydrogens (tertiary/aromatic N) is 2. The van der Waals surface area contributed by atoms with Crippen molar-refractivity contribution in [3.63, 3.8) is 0 Å². The number of fused-ring (bicyclic) bond motifs is 1. The second-order valence-electron chi connectivity index (χ2n) is 19.0. The van der Waals surface area contributed by atoms with Gasteiger partial charge in [-0.05, 0) is 117 Å². The average Bonchev–Trinajstić information content (AvgIpc) is 4.07. The van der Waals surface area contributed by atoms with E-state index in [1.807, 2.05) is 22.7 Å². The molecule has 0 atom stereocenters. The van der Waals surface area contributed by atoms with Crippen molar-refractivity contribution in [2.45, 2.75) is 226 Å². The first kappa shape index (κ1) is 55.1. The molecule has 0 N–H and O–H groups in total. The van der Waals surface area contributed by atoms with Gasteiger partial charge in [-0.25, -0.2) is 0 Å². The topological polar surface area (TPSA) is 35.0 Å². The van der Waals surface area contributed by atoms with E-state index in [4.69, 9.17) is 13.5 Å². The maximum Gasteiger partial charge on any atom is 0.119 e. The van der Waals surface area contributed by atoms with Crippen LogP contribution in [0.25, 0.3) is 44.1 Å². The molecule has 8 heteroatoms. The van der Waals surface area contributed by atoms with E-state index < -0.39 is 0 Å². The Balaban J connectivity index is 1.26. The number of halogens is 2. The summed E-state index contributed by atoms with van der Waals surface area (Å²) in [5.41, 5.74) is 9.57. The number of ether oxygens (including phenoxy) is 1. The van der Waals surface area contributed by atoms with Gasteiger partial charge in [0.1, 0.15) is 16.8 Å². The Labute approximate surface area is 431 Å². The predicted molar refractivity (Wildman–Crippen MR) is 303 cm³/mol. The molecule has 0 fully saturated rings. The molecule has 0 aliphatic carbocycles. The van der Waals surface area contributed by atoms with Gasteiger partial charge in [0.2, 0.25) is 0 Å². The van der Waals surface area contributed by atoms with Gasteiger partial charge >= 0.3 is 0 Å². The van der Waals surface area contributed by atoms with Crippen molar-refractivity contribution >= 4 is 89.4 Å². The van der Waals surface area contributed by atoms with Crippen molar-refractivity contribution in [3.8, 4) is 26.6 Å². The zero-order valence-corrected chi connectivity index (χ0v) is 46.9. The monoisotopic (exact) mass is 1080 g/mol. The largest absolute Gasteiger partial charge is 0.494 e. The maximum atomic E-state index is 6.19. The van der Waals surface area contributed by atoms with Gasteiger partial charge in [-0.2, -0.15) is 8.75 Å². The van der Waals surface area contributed by atoms with Crippen LogP contribution in [0.2, 0.25) is 0 Å². The summed E-state index contributed by atoms with van der Waals surface area (Å²) >= 11 is 13.0. The molecule has 3 aromatic heterocycles. The van der Waals surface area contributed by atoms with E-state index in [-0.39, 0.29) is 0 Å². The number of aryl methyl sites for hydroxylation is 2. The van der Waals surface area contributed by atoms with Crippen LogP contribution in [-0.4, -0.2) is 15.4 Å². The van der Waals surface area contributed by atoms with Crippen LogP contribution in [0.1, 0.15) is 236 Å². The first-order chi connectivity index (χ1) is 32.5. The van der Waals surface area contributed by atoms with E-state index in [1.165, 1.54) is 243 Å². The maximum absolute atomic E-state index is 6.19. The Morgan fingerprint density at radius 2 is 0.894 bits per heavy atom. The van der Waals surface area contributed by atoms with Gasteiger partial charge in [0, 0.05) is 20.9 Å². The number of rotatable bonds is 38. The summed E-state index contributed by atoms with van der Waals surface area (Å²) in [6.07, 6.45) is 47.3. The van der Waals surface area contributed by atoms with Crippen LogP contribution in [0.4, 0.5) is 0 Å². The SMILES string of the molecule is CCCCCCCCCCCCOc1ccc(/C=C/c2cc(-c3cc(CCCCCCCCCCCC)c(Br)s3)c3nsnc3c2-c2cc(CCCCCCCCCCCC)c(Br)s2)cc1. The Bertz CT molecular complexity index is 2060. The molecule has 0 bridgehead atoms. The molecule has 66 heavy (non-hydrogen) atoms. The molecule has 3 nitrogen and oxygen atoms in total. The van der Waals surface area contributed by atoms with E-state index in [2.05, 4.69) is 107 Å². The Hall–Kier alpha value is -1.84. The second-order valence-corrected chi connectivity index (χ2v) is 24.2. The fourth-order valence-electron chi connectivity index (χ4n) is 9.20. The third kappa shape index (κ3) is 19.9. The minimum absolute atomic E-state index is 0.789. The normalized spacial score (nSPS) is 11.8. The van der Waals surface area contributed by atoms with E-state index in [1.54, 1.807) is 0 Å². The molecule has 0 amide bonds. The van der Waals surface area contributed by atoms with E-state index in [0.29, 0.717) is 0 Å². The molecule has 5 rings (SSSR count). The lowest BCUT2D eigenvalue weighted by atomic mass is 9.97. The summed E-state index contributed by atoms with van der Waals surface area (Å²) in [5, 5.41) is 0. The van der Waals surface area contributed by atoms with Gasteiger partial charge in [-0.3, -0.25) is 0 Å². The van der Waals surface area contributed by atoms with Gasteiger partial charge in [-0.15, -0.1) is 22.7 Å². The standard InChI is InChI=1S/C58H84Br2N2OS3/c1-4-7-10-13-16-19-22-25-28-31-34-48-44-52(64-57(48)59)51-43-47(39-36-46-37-40-50(41-38-46)63-42-33-30-27-24-21-18-15-12-9-6-3)54(56-55(51)61-66-62-56)53-45-49(58(60)65-53)35-32-29-26-23-20-17-14-11-8-5-2/h36-41,43-45H,4-35,42H2,1-3H3/b39-36+. The molecule has 0 aliphatic rings. The van der Waals surface area contributed by atoms with Gasteiger partial charge < -0.3 is 4.74 Å². The Morgan fingerprint density at radius 1 is 0.470 bits per heavy atom. The van der Waals surface area contributed by atoms with Crippen LogP contribution in [0.5, 0.6) is 5.75 Å². The molecule has 0 unspecified atom stereocenters. The van der Waals surface area contributed by atoms with Crippen LogP contribution < -0.4 is 4.74 Å². The molecule has 0 saturated heterocycles. The highest BCUT2D eigenvalue weighted by Crippen LogP contribution is 2.46. The first-order valence-corrected chi connectivity index (χ1v) is 30.7. The first-order valence-electron chi connectivity index (χ1n) is 26.8. The van der Waals surface area contributed by atoms with Gasteiger partial charge in [0.25, 0.3) is 0 Å². The van der Waals surface area contributed by atoms with Crippen molar-refractivity contribution in [1.29, 1.82) is 0 Å². The highest BCUT2D eigenvalue weighted by atomic mass is 79.9. The van der Waals surface area contributed by atoms with Gasteiger partial charge in [-0.1, -0.05) is 218 Å². The number of thiophene rings is 2. The number of benzene rings is 2. The van der Waals surface area contributed by atoms with Crippen molar-refractivity contribution in [1.82, 2.24) is 8.75 Å². The third-order valence-corrected chi connectivity index (χ3v) is 17.8. The lowest BCUT2D eigenvalue weighted by Crippen LogP contribution is -1.97. The van der Waals surface area contributed by atoms with Crippen molar-refractivity contribution < 1.29 is 4.74 Å². The fourth-order valence-corrected chi connectivity index (χ4v) is 13.4. The molecular formula is C58H84Br2N2OS3. The van der Waals surface area contributed by atoms with Crippen molar-refractivity contribution in [2.75, 3.05) is 6.61 Å². The quantitative estimate of drug-likeness (QED) is 0.0292. The Morgan fingerprint density at radius 3 is 1.39 bits per heavy atom.